The zero-order valence-electron chi connectivity index (χ0n) is 8.16. The Hall–Kier alpha value is -1.18. The molecule has 1 nitrogen and oxygen atoms in total. The third-order valence-electron chi connectivity index (χ3n) is 2.93. The van der Waals surface area contributed by atoms with E-state index in [-0.39, 0.29) is 0 Å². The molecule has 1 heteroatoms. The van der Waals surface area contributed by atoms with Crippen LogP contribution < -0.4 is 0 Å². The molecular weight excluding hydrogens is 172 g/mol. The van der Waals surface area contributed by atoms with Crippen LogP contribution >= 0.6 is 0 Å². The number of aliphatic hydroxyl groups is 1. The predicted molar refractivity (Wildman–Crippen MR) is 56.1 cm³/mol. The highest BCUT2D eigenvalue weighted by atomic mass is 16.3. The predicted octanol–water partition coefficient (Wildman–Crippen LogP) is 1.73. The number of aliphatic hydroxyl groups excluding tert-OH is 1. The number of hydrogen-bond acceptors (Lipinski definition) is 1. The van der Waals surface area contributed by atoms with E-state index < -0.39 is 6.10 Å². The van der Waals surface area contributed by atoms with Gasteiger partial charge in [0.15, 0.2) is 0 Å². The topological polar surface area (TPSA) is 20.2 Å². The maximum atomic E-state index is 9.79. The molecule has 1 fully saturated rings. The van der Waals surface area contributed by atoms with E-state index in [0.717, 1.165) is 12.8 Å². The molecule has 0 aromatic carbocycles. The van der Waals surface area contributed by atoms with Crippen LogP contribution in [-0.2, 0) is 0 Å². The molecule has 0 aliphatic heterocycles. The first-order valence-electron chi connectivity index (χ1n) is 5.21. The highest BCUT2D eigenvalue weighted by molar-refractivity contribution is 5.27. The molecule has 0 radical (unpaired) electrons. The second-order valence-electron chi connectivity index (χ2n) is 3.98. The first-order chi connectivity index (χ1) is 6.86. The van der Waals surface area contributed by atoms with Crippen molar-refractivity contribution in [2.45, 2.75) is 31.8 Å². The molecule has 2 rings (SSSR count). The average Bonchev–Trinajstić information content (AvgIpc) is 2.22. The SMILES string of the molecule is OC1C#C/C=C\C#CC2CCCC1C2. The molecule has 0 heterocycles. The second kappa shape index (κ2) is 4.36. The van der Waals surface area contributed by atoms with E-state index in [1.54, 1.807) is 12.2 Å². The lowest BCUT2D eigenvalue weighted by Gasteiger charge is -2.27. The van der Waals surface area contributed by atoms with E-state index in [1.807, 2.05) is 0 Å². The van der Waals surface area contributed by atoms with Crippen molar-refractivity contribution in [3.8, 4) is 23.7 Å². The molecule has 0 aromatic rings. The van der Waals surface area contributed by atoms with E-state index >= 15 is 0 Å². The van der Waals surface area contributed by atoms with Crippen LogP contribution in [0.4, 0.5) is 0 Å². The molecule has 0 amide bonds. The summed E-state index contributed by atoms with van der Waals surface area (Å²) in [6.07, 6.45) is 7.49. The second-order valence-corrected chi connectivity index (χ2v) is 3.98. The van der Waals surface area contributed by atoms with Crippen LogP contribution in [0, 0.1) is 35.5 Å². The van der Waals surface area contributed by atoms with E-state index in [2.05, 4.69) is 23.7 Å². The van der Waals surface area contributed by atoms with Crippen molar-refractivity contribution in [2.24, 2.45) is 11.8 Å². The molecule has 2 aliphatic carbocycles. The first kappa shape index (κ1) is 9.38. The minimum absolute atomic E-state index is 0.335. The summed E-state index contributed by atoms with van der Waals surface area (Å²) in [5, 5.41) is 9.79. The normalized spacial score (nSPS) is 37.1. The van der Waals surface area contributed by atoms with Gasteiger partial charge in [0, 0.05) is 5.92 Å². The molecule has 3 atom stereocenters. The Morgan fingerprint density at radius 2 is 1.86 bits per heavy atom. The zero-order valence-corrected chi connectivity index (χ0v) is 8.16. The third kappa shape index (κ3) is 2.19. The van der Waals surface area contributed by atoms with Crippen LogP contribution in [0.3, 0.4) is 0 Å². The number of hydrogen-bond donors (Lipinski definition) is 1. The monoisotopic (exact) mass is 186 g/mol. The van der Waals surface area contributed by atoms with Crippen LogP contribution in [0.15, 0.2) is 12.2 Å². The van der Waals surface area contributed by atoms with Gasteiger partial charge in [0.05, 0.1) is 0 Å². The minimum atomic E-state index is -0.456. The molecule has 1 saturated carbocycles. The van der Waals surface area contributed by atoms with E-state index in [9.17, 15) is 5.11 Å². The standard InChI is InChI=1S/C13H14O/c14-13-9-4-2-1-3-6-11-7-5-8-12(13)10-11/h1-2,11-14H,5,7-8,10H2/b2-1-. The zero-order chi connectivity index (χ0) is 9.80. The van der Waals surface area contributed by atoms with E-state index in [1.165, 1.54) is 12.8 Å². The summed E-state index contributed by atoms with van der Waals surface area (Å²) in [5.41, 5.74) is 0. The van der Waals surface area contributed by atoms with Gasteiger partial charge in [-0.2, -0.15) is 0 Å². The van der Waals surface area contributed by atoms with Gasteiger partial charge in [0.1, 0.15) is 6.10 Å². The summed E-state index contributed by atoms with van der Waals surface area (Å²) in [6, 6.07) is 0. The summed E-state index contributed by atoms with van der Waals surface area (Å²) in [6.45, 7) is 0. The molecule has 3 unspecified atom stereocenters. The molecule has 0 aromatic heterocycles. The summed E-state index contributed by atoms with van der Waals surface area (Å²) in [5.74, 6) is 12.7. The lowest BCUT2D eigenvalue weighted by Crippen LogP contribution is -2.25. The molecular formula is C13H14O. The Morgan fingerprint density at radius 1 is 1.07 bits per heavy atom. The molecule has 14 heavy (non-hydrogen) atoms. The maximum absolute atomic E-state index is 9.79. The van der Waals surface area contributed by atoms with Gasteiger partial charge < -0.3 is 5.11 Å². The van der Waals surface area contributed by atoms with E-state index in [4.69, 9.17) is 0 Å². The Balaban J connectivity index is 2.21. The van der Waals surface area contributed by atoms with Crippen LogP contribution in [0.2, 0.25) is 0 Å². The number of rotatable bonds is 0. The fourth-order valence-corrected chi connectivity index (χ4v) is 2.15. The van der Waals surface area contributed by atoms with Gasteiger partial charge in [-0.1, -0.05) is 30.1 Å². The van der Waals surface area contributed by atoms with Crippen molar-refractivity contribution >= 4 is 0 Å². The van der Waals surface area contributed by atoms with Crippen LogP contribution in [0.5, 0.6) is 0 Å². The third-order valence-corrected chi connectivity index (χ3v) is 2.93. The Bertz CT molecular complexity index is 323. The van der Waals surface area contributed by atoms with Gasteiger partial charge in [-0.05, 0) is 37.3 Å². The smallest absolute Gasteiger partial charge is 0.117 e. The lowest BCUT2D eigenvalue weighted by molar-refractivity contribution is 0.122. The number of fused-ring (bicyclic) bond motifs is 2. The van der Waals surface area contributed by atoms with Crippen molar-refractivity contribution < 1.29 is 5.11 Å². The Morgan fingerprint density at radius 3 is 2.71 bits per heavy atom. The molecule has 2 bridgehead atoms. The molecule has 0 spiro atoms. The van der Waals surface area contributed by atoms with Crippen molar-refractivity contribution in [1.29, 1.82) is 0 Å². The lowest BCUT2D eigenvalue weighted by atomic mass is 9.79. The fraction of sp³-hybridized carbons (Fsp3) is 0.538. The summed E-state index contributed by atoms with van der Waals surface area (Å²) < 4.78 is 0. The van der Waals surface area contributed by atoms with Gasteiger partial charge in [-0.3, -0.25) is 0 Å². The Kier molecular flexibility index (Phi) is 2.92. The fourth-order valence-electron chi connectivity index (χ4n) is 2.15. The molecule has 1 N–H and O–H groups in total. The van der Waals surface area contributed by atoms with Gasteiger partial charge in [0.2, 0.25) is 0 Å². The number of allylic oxidation sites excluding steroid dienone is 2. The molecule has 72 valence electrons. The van der Waals surface area contributed by atoms with Gasteiger partial charge in [0.25, 0.3) is 0 Å². The highest BCUT2D eigenvalue weighted by Crippen LogP contribution is 2.30. The quantitative estimate of drug-likeness (QED) is 0.571. The van der Waals surface area contributed by atoms with Crippen molar-refractivity contribution in [3.63, 3.8) is 0 Å². The first-order valence-corrected chi connectivity index (χ1v) is 5.21. The highest BCUT2D eigenvalue weighted by Gasteiger charge is 2.25. The summed E-state index contributed by atoms with van der Waals surface area (Å²) in [7, 11) is 0. The minimum Gasteiger partial charge on any atom is -0.380 e. The van der Waals surface area contributed by atoms with Crippen molar-refractivity contribution in [2.75, 3.05) is 0 Å². The average molecular weight is 186 g/mol. The van der Waals surface area contributed by atoms with Gasteiger partial charge >= 0.3 is 0 Å². The summed E-state index contributed by atoms with van der Waals surface area (Å²) >= 11 is 0. The van der Waals surface area contributed by atoms with Crippen molar-refractivity contribution in [3.05, 3.63) is 12.2 Å². The summed E-state index contributed by atoms with van der Waals surface area (Å²) in [4.78, 5) is 0. The van der Waals surface area contributed by atoms with Crippen LogP contribution in [0.1, 0.15) is 25.7 Å². The van der Waals surface area contributed by atoms with Gasteiger partial charge in [-0.15, -0.1) is 0 Å². The largest absolute Gasteiger partial charge is 0.380 e. The Labute approximate surface area is 85.2 Å². The van der Waals surface area contributed by atoms with Gasteiger partial charge in [-0.25, -0.2) is 0 Å². The molecule has 0 saturated heterocycles. The van der Waals surface area contributed by atoms with Crippen LogP contribution in [-0.4, -0.2) is 11.2 Å². The van der Waals surface area contributed by atoms with Crippen LogP contribution in [0.25, 0.3) is 0 Å². The maximum Gasteiger partial charge on any atom is 0.117 e. The van der Waals surface area contributed by atoms with Crippen molar-refractivity contribution in [1.82, 2.24) is 0 Å². The van der Waals surface area contributed by atoms with E-state index in [0.29, 0.717) is 11.8 Å². The molecule has 2 aliphatic rings.